The van der Waals surface area contributed by atoms with Gasteiger partial charge in [0.15, 0.2) is 5.16 Å². The van der Waals surface area contributed by atoms with Gasteiger partial charge in [-0.15, -0.1) is 11.3 Å². The van der Waals surface area contributed by atoms with Crippen molar-refractivity contribution < 1.29 is 4.92 Å². The molecule has 0 N–H and O–H groups in total. The maximum Gasteiger partial charge on any atom is 0.284 e. The van der Waals surface area contributed by atoms with Gasteiger partial charge in [-0.2, -0.15) is 9.78 Å². The van der Waals surface area contributed by atoms with Crippen LogP contribution < -0.4 is 5.56 Å². The van der Waals surface area contributed by atoms with Crippen LogP contribution >= 0.6 is 23.1 Å². The molecule has 4 aromatic rings. The summed E-state index contributed by atoms with van der Waals surface area (Å²) in [6.45, 7) is 0. The van der Waals surface area contributed by atoms with Crippen molar-refractivity contribution in [3.05, 3.63) is 86.0 Å². The fraction of sp³-hybridized carbons (Fsp3) is 0.0500. The van der Waals surface area contributed by atoms with Crippen molar-refractivity contribution in [2.45, 2.75) is 5.16 Å². The minimum absolute atomic E-state index is 0.00822. The number of rotatable bonds is 3. The molecule has 0 unspecified atom stereocenters. The summed E-state index contributed by atoms with van der Waals surface area (Å²) < 4.78 is 1.31. The summed E-state index contributed by atoms with van der Waals surface area (Å²) in [7, 11) is 0. The Hall–Kier alpha value is -3.30. The number of nitro groups is 1. The molecule has 5 rings (SSSR count). The summed E-state index contributed by atoms with van der Waals surface area (Å²) in [4.78, 5) is 29.2. The van der Waals surface area contributed by atoms with Crippen LogP contribution in [-0.2, 0) is 0 Å². The molecule has 7 nitrogen and oxygen atoms in total. The number of hydrogen-bond acceptors (Lipinski definition) is 7. The molecular weight excluding hydrogens is 408 g/mol. The summed E-state index contributed by atoms with van der Waals surface area (Å²) in [6.07, 6.45) is 0. The third-order valence-corrected chi connectivity index (χ3v) is 6.40. The molecule has 0 aliphatic carbocycles. The fourth-order valence-electron chi connectivity index (χ4n) is 3.20. The van der Waals surface area contributed by atoms with Gasteiger partial charge in [-0.3, -0.25) is 14.9 Å². The van der Waals surface area contributed by atoms with Gasteiger partial charge in [-0.05, 0) is 5.56 Å². The first-order valence-corrected chi connectivity index (χ1v) is 10.5. The number of hydrogen-bond donors (Lipinski definition) is 0. The third kappa shape index (κ3) is 3.04. The maximum absolute atomic E-state index is 13.3. The van der Waals surface area contributed by atoms with E-state index in [9.17, 15) is 14.9 Å². The molecule has 2 aromatic carbocycles. The van der Waals surface area contributed by atoms with Gasteiger partial charge in [0.2, 0.25) is 0 Å². The molecule has 1 aliphatic rings. The highest BCUT2D eigenvalue weighted by Crippen LogP contribution is 2.33. The van der Waals surface area contributed by atoms with Crippen LogP contribution in [0.5, 0.6) is 0 Å². The number of nitrogens with zero attached hydrogens (tertiary/aromatic N) is 4. The highest BCUT2D eigenvalue weighted by Gasteiger charge is 2.22. The Labute approximate surface area is 172 Å². The Morgan fingerprint density at radius 2 is 1.86 bits per heavy atom. The van der Waals surface area contributed by atoms with E-state index in [0.717, 1.165) is 11.1 Å². The average Bonchev–Trinajstić information content (AvgIpc) is 3.18. The summed E-state index contributed by atoms with van der Waals surface area (Å²) in [5.41, 5.74) is 2.76. The smallest absolute Gasteiger partial charge is 0.266 e. The number of aromatic nitrogens is 2. The highest BCUT2D eigenvalue weighted by molar-refractivity contribution is 7.99. The largest absolute Gasteiger partial charge is 0.284 e. The van der Waals surface area contributed by atoms with Gasteiger partial charge in [0, 0.05) is 34.4 Å². The van der Waals surface area contributed by atoms with E-state index in [1.807, 2.05) is 35.7 Å². The van der Waals surface area contributed by atoms with Crippen molar-refractivity contribution in [1.82, 2.24) is 9.66 Å². The second-order valence-electron chi connectivity index (χ2n) is 6.35. The van der Waals surface area contributed by atoms with E-state index < -0.39 is 4.92 Å². The van der Waals surface area contributed by atoms with Crippen molar-refractivity contribution in [3.63, 3.8) is 0 Å². The van der Waals surface area contributed by atoms with Crippen LogP contribution in [0.3, 0.4) is 0 Å². The molecule has 142 valence electrons. The normalized spacial score (nSPS) is 13.2. The Morgan fingerprint density at radius 1 is 1.07 bits per heavy atom. The molecule has 2 aromatic heterocycles. The Morgan fingerprint density at radius 3 is 2.66 bits per heavy atom. The van der Waals surface area contributed by atoms with E-state index in [1.54, 1.807) is 12.1 Å². The Balaban J connectivity index is 1.68. The zero-order valence-electron chi connectivity index (χ0n) is 14.8. The molecule has 0 saturated carbocycles. The van der Waals surface area contributed by atoms with Crippen LogP contribution in [0.2, 0.25) is 0 Å². The third-order valence-electron chi connectivity index (χ3n) is 4.59. The van der Waals surface area contributed by atoms with E-state index in [0.29, 0.717) is 32.4 Å². The molecule has 1 aliphatic heterocycles. The molecule has 9 heteroatoms. The minimum Gasteiger partial charge on any atom is -0.266 e. The summed E-state index contributed by atoms with van der Waals surface area (Å²) in [5, 5.41) is 18.6. The lowest BCUT2D eigenvalue weighted by Crippen LogP contribution is -2.25. The van der Waals surface area contributed by atoms with E-state index in [2.05, 4.69) is 10.1 Å². The first-order valence-electron chi connectivity index (χ1n) is 8.67. The number of benzene rings is 2. The first kappa shape index (κ1) is 17.8. The number of thiophene rings is 1. The van der Waals surface area contributed by atoms with E-state index >= 15 is 0 Å². The van der Waals surface area contributed by atoms with Crippen LogP contribution in [0.4, 0.5) is 5.69 Å². The topological polar surface area (TPSA) is 90.4 Å². The quantitative estimate of drug-likeness (QED) is 0.278. The van der Waals surface area contributed by atoms with E-state index in [1.165, 1.54) is 39.9 Å². The second kappa shape index (κ2) is 6.94. The average molecular weight is 420 g/mol. The predicted molar refractivity (Wildman–Crippen MR) is 115 cm³/mol. The van der Waals surface area contributed by atoms with Crippen LogP contribution in [0.25, 0.3) is 21.3 Å². The van der Waals surface area contributed by atoms with Crippen molar-refractivity contribution in [3.8, 4) is 11.1 Å². The standard InChI is InChI=1S/C20H12N4O3S2/c25-19-17-15(12-5-2-1-3-6-12)10-28-18(17)21-20-23(19)22-16(11-29-20)13-7-4-8-14(9-13)24(26)27/h1-10H,11H2. The molecule has 0 fully saturated rings. The van der Waals surface area contributed by atoms with Crippen molar-refractivity contribution >= 4 is 44.7 Å². The van der Waals surface area contributed by atoms with Crippen LogP contribution in [0.15, 0.2) is 75.0 Å². The van der Waals surface area contributed by atoms with Crippen molar-refractivity contribution in [2.24, 2.45) is 5.10 Å². The summed E-state index contributed by atoms with van der Waals surface area (Å²) >= 11 is 2.83. The molecule has 0 radical (unpaired) electrons. The zero-order chi connectivity index (χ0) is 20.0. The van der Waals surface area contributed by atoms with Gasteiger partial charge < -0.3 is 0 Å². The van der Waals surface area contributed by atoms with Gasteiger partial charge in [-0.25, -0.2) is 4.98 Å². The zero-order valence-corrected chi connectivity index (χ0v) is 16.4. The SMILES string of the molecule is O=c1c2c(-c3ccccc3)csc2nc2n1N=C(c1cccc([N+](=O)[O-])c1)CS2. The number of non-ortho nitro benzene ring substituents is 1. The molecule has 0 bridgehead atoms. The number of fused-ring (bicyclic) bond motifs is 2. The van der Waals surface area contributed by atoms with Crippen LogP contribution in [-0.4, -0.2) is 26.0 Å². The molecule has 0 saturated heterocycles. The molecule has 0 amide bonds. The lowest BCUT2D eigenvalue weighted by molar-refractivity contribution is -0.384. The van der Waals surface area contributed by atoms with Gasteiger partial charge in [-0.1, -0.05) is 54.2 Å². The summed E-state index contributed by atoms with van der Waals surface area (Å²) in [5.74, 6) is 0.482. The fourth-order valence-corrected chi connectivity index (χ4v) is 5.09. The monoisotopic (exact) mass is 420 g/mol. The van der Waals surface area contributed by atoms with Crippen molar-refractivity contribution in [1.29, 1.82) is 0 Å². The molecule has 0 atom stereocenters. The lowest BCUT2D eigenvalue weighted by Gasteiger charge is -2.15. The maximum atomic E-state index is 13.3. The molecular formula is C20H12N4O3S2. The van der Waals surface area contributed by atoms with Crippen molar-refractivity contribution in [2.75, 3.05) is 5.75 Å². The van der Waals surface area contributed by atoms with Gasteiger partial charge in [0.25, 0.3) is 11.2 Å². The second-order valence-corrected chi connectivity index (χ2v) is 8.15. The lowest BCUT2D eigenvalue weighted by atomic mass is 10.1. The number of nitro benzene ring substituents is 1. The Bertz CT molecular complexity index is 1360. The van der Waals surface area contributed by atoms with Crippen LogP contribution in [0, 0.1) is 10.1 Å². The van der Waals surface area contributed by atoms with Gasteiger partial charge in [0.05, 0.1) is 16.0 Å². The van der Waals surface area contributed by atoms with Gasteiger partial charge in [0.1, 0.15) is 4.83 Å². The molecule has 29 heavy (non-hydrogen) atoms. The first-order chi connectivity index (χ1) is 14.1. The van der Waals surface area contributed by atoms with E-state index in [4.69, 9.17) is 0 Å². The Kier molecular flexibility index (Phi) is 4.26. The predicted octanol–water partition coefficient (Wildman–Crippen LogP) is 4.39. The minimum atomic E-state index is -0.442. The number of thioether (sulfide) groups is 1. The molecule has 0 spiro atoms. The highest BCUT2D eigenvalue weighted by atomic mass is 32.2. The van der Waals surface area contributed by atoms with E-state index in [-0.39, 0.29) is 11.2 Å². The van der Waals surface area contributed by atoms with Gasteiger partial charge >= 0.3 is 0 Å². The van der Waals surface area contributed by atoms with Crippen LogP contribution in [0.1, 0.15) is 5.56 Å². The molecule has 3 heterocycles. The summed E-state index contributed by atoms with van der Waals surface area (Å²) in [6, 6.07) is 16.0.